The average molecular weight is 344 g/mol. The third kappa shape index (κ3) is 3.21. The molecule has 1 heterocycles. The predicted octanol–water partition coefficient (Wildman–Crippen LogP) is 4.51. The molecule has 0 amide bonds. The Kier molecular flexibility index (Phi) is 4.01. The van der Waals surface area contributed by atoms with Crippen LogP contribution in [0.15, 0.2) is 34.9 Å². The molecule has 0 fully saturated rings. The van der Waals surface area contributed by atoms with Crippen LogP contribution in [0.4, 0.5) is 5.69 Å². The Morgan fingerprint density at radius 3 is 2.79 bits per heavy atom. The Balaban J connectivity index is 2.43. The summed E-state index contributed by atoms with van der Waals surface area (Å²) >= 11 is 8.96. The zero-order valence-electron chi connectivity index (χ0n) is 9.76. The average Bonchev–Trinajstić information content (AvgIpc) is 2.35. The number of nitro groups is 1. The Morgan fingerprint density at radius 1 is 1.37 bits per heavy atom. The van der Waals surface area contributed by atoms with Crippen molar-refractivity contribution in [1.29, 1.82) is 0 Å². The van der Waals surface area contributed by atoms with Gasteiger partial charge in [0.2, 0.25) is 5.75 Å². The van der Waals surface area contributed by atoms with Crippen molar-refractivity contribution in [3.8, 4) is 11.5 Å². The molecule has 0 saturated heterocycles. The van der Waals surface area contributed by atoms with E-state index in [4.69, 9.17) is 16.3 Å². The van der Waals surface area contributed by atoms with E-state index >= 15 is 0 Å². The standard InChI is InChI=1S/C12H8BrClN2O3/c1-7-6-15-12(14)5-11(7)19-10-3-2-8(13)4-9(10)16(17)18/h2-6H,1H3. The lowest BCUT2D eigenvalue weighted by Gasteiger charge is -2.09. The summed E-state index contributed by atoms with van der Waals surface area (Å²) in [6, 6.07) is 6.09. The minimum absolute atomic E-state index is 0.123. The summed E-state index contributed by atoms with van der Waals surface area (Å²) in [7, 11) is 0. The molecule has 19 heavy (non-hydrogen) atoms. The van der Waals surface area contributed by atoms with Gasteiger partial charge in [0, 0.05) is 28.4 Å². The molecular formula is C12H8BrClN2O3. The second-order valence-corrected chi connectivity index (χ2v) is 5.05. The van der Waals surface area contributed by atoms with Gasteiger partial charge in [-0.1, -0.05) is 27.5 Å². The highest BCUT2D eigenvalue weighted by atomic mass is 79.9. The van der Waals surface area contributed by atoms with Crippen LogP contribution in [0.3, 0.4) is 0 Å². The third-order valence-electron chi connectivity index (χ3n) is 2.36. The summed E-state index contributed by atoms with van der Waals surface area (Å²) in [5.41, 5.74) is 0.614. The van der Waals surface area contributed by atoms with Gasteiger partial charge in [-0.15, -0.1) is 0 Å². The van der Waals surface area contributed by atoms with Crippen LogP contribution in [0, 0.1) is 17.0 Å². The fourth-order valence-corrected chi connectivity index (χ4v) is 1.93. The van der Waals surface area contributed by atoms with Crippen molar-refractivity contribution in [2.75, 3.05) is 0 Å². The number of benzene rings is 1. The van der Waals surface area contributed by atoms with Crippen molar-refractivity contribution >= 4 is 33.2 Å². The molecule has 0 N–H and O–H groups in total. The van der Waals surface area contributed by atoms with E-state index in [0.29, 0.717) is 10.2 Å². The molecule has 0 saturated carbocycles. The Hall–Kier alpha value is -1.66. The molecule has 0 aliphatic carbocycles. The summed E-state index contributed by atoms with van der Waals surface area (Å²) in [6.07, 6.45) is 1.54. The minimum atomic E-state index is -0.502. The second kappa shape index (κ2) is 5.54. The molecule has 0 radical (unpaired) electrons. The molecule has 1 aromatic heterocycles. The van der Waals surface area contributed by atoms with Gasteiger partial charge >= 0.3 is 5.69 Å². The largest absolute Gasteiger partial charge is 0.450 e. The van der Waals surface area contributed by atoms with E-state index in [1.165, 1.54) is 18.2 Å². The number of ether oxygens (including phenoxy) is 1. The molecule has 1 aromatic carbocycles. The molecule has 0 atom stereocenters. The van der Waals surface area contributed by atoms with Gasteiger partial charge in [0.05, 0.1) is 4.92 Å². The van der Waals surface area contributed by atoms with Gasteiger partial charge in [-0.25, -0.2) is 4.98 Å². The van der Waals surface area contributed by atoms with Crippen LogP contribution < -0.4 is 4.74 Å². The van der Waals surface area contributed by atoms with Gasteiger partial charge < -0.3 is 4.74 Å². The first kappa shape index (κ1) is 13.8. The molecule has 2 aromatic rings. The van der Waals surface area contributed by atoms with E-state index in [-0.39, 0.29) is 16.6 Å². The Bertz CT molecular complexity index is 649. The number of halogens is 2. The molecule has 2 rings (SSSR count). The van der Waals surface area contributed by atoms with Crippen LogP contribution in [0.5, 0.6) is 11.5 Å². The SMILES string of the molecule is Cc1cnc(Cl)cc1Oc1ccc(Br)cc1[N+](=O)[O-]. The van der Waals surface area contributed by atoms with Gasteiger partial charge in [-0.05, 0) is 19.1 Å². The molecule has 5 nitrogen and oxygen atoms in total. The monoisotopic (exact) mass is 342 g/mol. The first-order valence-electron chi connectivity index (χ1n) is 5.21. The van der Waals surface area contributed by atoms with Crippen LogP contribution in [-0.4, -0.2) is 9.91 Å². The van der Waals surface area contributed by atoms with Crippen LogP contribution in [0.2, 0.25) is 5.15 Å². The lowest BCUT2D eigenvalue weighted by molar-refractivity contribution is -0.385. The second-order valence-electron chi connectivity index (χ2n) is 3.74. The maximum atomic E-state index is 11.0. The van der Waals surface area contributed by atoms with Gasteiger partial charge in [0.1, 0.15) is 10.9 Å². The molecule has 0 unspecified atom stereocenters. The van der Waals surface area contributed by atoms with Gasteiger partial charge in [-0.3, -0.25) is 10.1 Å². The molecule has 0 bridgehead atoms. The number of nitro benzene ring substituents is 1. The molecule has 0 aliphatic rings. The van der Waals surface area contributed by atoms with E-state index in [0.717, 1.165) is 5.56 Å². The number of aryl methyl sites for hydroxylation is 1. The summed E-state index contributed by atoms with van der Waals surface area (Å²) in [4.78, 5) is 14.4. The van der Waals surface area contributed by atoms with Crippen molar-refractivity contribution in [2.45, 2.75) is 6.92 Å². The van der Waals surface area contributed by atoms with E-state index in [2.05, 4.69) is 20.9 Å². The van der Waals surface area contributed by atoms with Crippen LogP contribution >= 0.6 is 27.5 Å². The highest BCUT2D eigenvalue weighted by molar-refractivity contribution is 9.10. The number of aromatic nitrogens is 1. The van der Waals surface area contributed by atoms with Crippen molar-refractivity contribution in [3.63, 3.8) is 0 Å². The summed E-state index contributed by atoms with van der Waals surface area (Å²) < 4.78 is 6.16. The van der Waals surface area contributed by atoms with Gasteiger partial charge in [0.25, 0.3) is 0 Å². The topological polar surface area (TPSA) is 65.3 Å². The summed E-state index contributed by atoms with van der Waals surface area (Å²) in [5.74, 6) is 0.587. The fourth-order valence-electron chi connectivity index (χ4n) is 1.43. The normalized spacial score (nSPS) is 10.3. The number of hydrogen-bond acceptors (Lipinski definition) is 4. The molecule has 0 spiro atoms. The van der Waals surface area contributed by atoms with Crippen LogP contribution in [-0.2, 0) is 0 Å². The highest BCUT2D eigenvalue weighted by Gasteiger charge is 2.17. The summed E-state index contributed by atoms with van der Waals surface area (Å²) in [6.45, 7) is 1.78. The first-order valence-corrected chi connectivity index (χ1v) is 6.38. The lowest BCUT2D eigenvalue weighted by atomic mass is 10.2. The van der Waals surface area contributed by atoms with Crippen molar-refractivity contribution in [1.82, 2.24) is 4.98 Å². The van der Waals surface area contributed by atoms with E-state index in [9.17, 15) is 10.1 Å². The van der Waals surface area contributed by atoms with Crippen molar-refractivity contribution in [3.05, 3.63) is 55.8 Å². The zero-order chi connectivity index (χ0) is 14.0. The number of rotatable bonds is 3. The molecule has 98 valence electrons. The third-order valence-corrected chi connectivity index (χ3v) is 3.06. The predicted molar refractivity (Wildman–Crippen MR) is 74.9 cm³/mol. The maximum absolute atomic E-state index is 11.0. The quantitative estimate of drug-likeness (QED) is 0.467. The smallest absolute Gasteiger partial charge is 0.312 e. The van der Waals surface area contributed by atoms with E-state index in [1.54, 1.807) is 19.2 Å². The van der Waals surface area contributed by atoms with E-state index in [1.807, 2.05) is 0 Å². The summed E-state index contributed by atoms with van der Waals surface area (Å²) in [5, 5.41) is 11.2. The Labute approximate surface area is 122 Å². The zero-order valence-corrected chi connectivity index (χ0v) is 12.1. The lowest BCUT2D eigenvalue weighted by Crippen LogP contribution is -1.95. The van der Waals surface area contributed by atoms with E-state index < -0.39 is 4.92 Å². The highest BCUT2D eigenvalue weighted by Crippen LogP contribution is 2.35. The number of hydrogen-bond donors (Lipinski definition) is 0. The molecule has 7 heteroatoms. The number of pyridine rings is 1. The van der Waals surface area contributed by atoms with Crippen LogP contribution in [0.1, 0.15) is 5.56 Å². The Morgan fingerprint density at radius 2 is 2.11 bits per heavy atom. The minimum Gasteiger partial charge on any atom is -0.450 e. The first-order chi connectivity index (χ1) is 8.97. The van der Waals surface area contributed by atoms with Crippen LogP contribution in [0.25, 0.3) is 0 Å². The van der Waals surface area contributed by atoms with Crippen molar-refractivity contribution in [2.24, 2.45) is 0 Å². The number of nitrogens with zero attached hydrogens (tertiary/aromatic N) is 2. The van der Waals surface area contributed by atoms with Gasteiger partial charge in [-0.2, -0.15) is 0 Å². The van der Waals surface area contributed by atoms with Gasteiger partial charge in [0.15, 0.2) is 0 Å². The van der Waals surface area contributed by atoms with Crippen molar-refractivity contribution < 1.29 is 9.66 Å². The fraction of sp³-hybridized carbons (Fsp3) is 0.0833. The molecule has 0 aliphatic heterocycles. The molecular weight excluding hydrogens is 336 g/mol. The maximum Gasteiger partial charge on any atom is 0.312 e.